The van der Waals surface area contributed by atoms with Gasteiger partial charge in [-0.15, -0.1) is 4.73 Å². The van der Waals surface area contributed by atoms with Crippen LogP contribution in [0.4, 0.5) is 16.3 Å². The van der Waals surface area contributed by atoms with Crippen molar-refractivity contribution in [3.05, 3.63) is 82.4 Å². The molecule has 1 heterocycles. The summed E-state index contributed by atoms with van der Waals surface area (Å²) in [7, 11) is -3.36. The first kappa shape index (κ1) is 25.3. The van der Waals surface area contributed by atoms with Crippen LogP contribution >= 0.6 is 7.60 Å². The number of carbonyl (C=O) groups is 1. The molecular weight excluding hydrogens is 459 g/mol. The number of aromatic amines is 1. The molecule has 1 aromatic heterocycles. The first-order valence-electron chi connectivity index (χ1n) is 11.0. The first-order chi connectivity index (χ1) is 16.4. The molecule has 0 spiro atoms. The molecule has 3 N–H and O–H groups in total. The van der Waals surface area contributed by atoms with Crippen LogP contribution in [0.15, 0.2) is 65.5 Å². The number of anilines is 2. The van der Waals surface area contributed by atoms with Gasteiger partial charge < -0.3 is 24.2 Å². The van der Waals surface area contributed by atoms with E-state index in [1.165, 1.54) is 0 Å². The highest BCUT2D eigenvalue weighted by Crippen LogP contribution is 2.48. The Balaban J connectivity index is 1.84. The summed E-state index contributed by atoms with van der Waals surface area (Å²) in [5.74, 6) is 0.105. The predicted molar refractivity (Wildman–Crippen MR) is 130 cm³/mol. The normalized spacial score (nSPS) is 11.2. The molecule has 0 aliphatic rings. The lowest BCUT2D eigenvalue weighted by atomic mass is 10.2. The topological polar surface area (TPSA) is 124 Å². The van der Waals surface area contributed by atoms with Crippen molar-refractivity contribution in [2.24, 2.45) is 0 Å². The van der Waals surface area contributed by atoms with Gasteiger partial charge in [-0.05, 0) is 31.5 Å². The van der Waals surface area contributed by atoms with Crippen molar-refractivity contribution in [3.63, 3.8) is 0 Å². The maximum absolute atomic E-state index is 12.9. The van der Waals surface area contributed by atoms with Gasteiger partial charge in [0.15, 0.2) is 5.82 Å². The third-order valence-electron chi connectivity index (χ3n) is 4.69. The van der Waals surface area contributed by atoms with Gasteiger partial charge in [-0.3, -0.25) is 9.88 Å². The number of aromatic nitrogens is 2. The van der Waals surface area contributed by atoms with Crippen molar-refractivity contribution in [1.82, 2.24) is 9.71 Å². The molecule has 2 aromatic carbocycles. The van der Waals surface area contributed by atoms with E-state index >= 15 is 0 Å². The van der Waals surface area contributed by atoms with Gasteiger partial charge in [-0.25, -0.2) is 9.59 Å². The van der Waals surface area contributed by atoms with Gasteiger partial charge in [-0.2, -0.15) is 0 Å². The molecule has 0 bridgehead atoms. The number of imidazole rings is 1. The number of amides is 2. The highest BCUT2D eigenvalue weighted by molar-refractivity contribution is 7.53. The maximum Gasteiger partial charge on any atom is 0.360 e. The number of H-pyrrole nitrogens is 1. The molecule has 182 valence electrons. The minimum atomic E-state index is -3.36. The minimum Gasteiger partial charge on any atom is -0.403 e. The number of nitrogens with one attached hydrogen (secondary N) is 3. The predicted octanol–water partition coefficient (Wildman–Crippen LogP) is 4.26. The molecule has 3 aromatic rings. The Kier molecular flexibility index (Phi) is 9.09. The highest BCUT2D eigenvalue weighted by Gasteiger charge is 2.26. The van der Waals surface area contributed by atoms with E-state index in [4.69, 9.17) is 13.9 Å². The molecule has 3 rings (SSSR count). The SMILES string of the molecule is CCOP(=O)(CCc1[nH]c(=O)n(OCc2ccccc2)c1NC(=O)Nc1ccccc1)OCC. The summed E-state index contributed by atoms with van der Waals surface area (Å²) in [6.07, 6.45) is 0.136. The molecule has 2 amide bonds. The van der Waals surface area contributed by atoms with Crippen molar-refractivity contribution in [3.8, 4) is 0 Å². The summed E-state index contributed by atoms with van der Waals surface area (Å²) in [5.41, 5.74) is 1.17. The average molecular weight is 488 g/mol. The van der Waals surface area contributed by atoms with E-state index < -0.39 is 19.3 Å². The van der Waals surface area contributed by atoms with Gasteiger partial charge in [-0.1, -0.05) is 48.5 Å². The minimum absolute atomic E-state index is 0.0162. The lowest BCUT2D eigenvalue weighted by molar-refractivity contribution is 0.0941. The lowest BCUT2D eigenvalue weighted by Gasteiger charge is -2.17. The van der Waals surface area contributed by atoms with Crippen LogP contribution in [0.3, 0.4) is 0 Å². The number of benzene rings is 2. The van der Waals surface area contributed by atoms with Gasteiger partial charge in [0.05, 0.1) is 25.1 Å². The number of urea groups is 1. The van der Waals surface area contributed by atoms with E-state index in [0.29, 0.717) is 11.4 Å². The molecule has 10 nitrogen and oxygen atoms in total. The van der Waals surface area contributed by atoms with E-state index in [-0.39, 0.29) is 38.2 Å². The molecule has 0 unspecified atom stereocenters. The summed E-state index contributed by atoms with van der Waals surface area (Å²) in [5, 5.41) is 5.37. The number of rotatable bonds is 12. The van der Waals surface area contributed by atoms with Crippen LogP contribution in [0.25, 0.3) is 0 Å². The summed E-state index contributed by atoms with van der Waals surface area (Å²) >= 11 is 0. The number of nitrogens with zero attached hydrogens (tertiary/aromatic N) is 1. The highest BCUT2D eigenvalue weighted by atomic mass is 31.2. The van der Waals surface area contributed by atoms with E-state index in [9.17, 15) is 14.2 Å². The van der Waals surface area contributed by atoms with Crippen molar-refractivity contribution in [2.75, 3.05) is 30.0 Å². The number of hydrogen-bond donors (Lipinski definition) is 3. The second-order valence-corrected chi connectivity index (χ2v) is 9.36. The first-order valence-corrected chi connectivity index (χ1v) is 12.7. The quantitative estimate of drug-likeness (QED) is 0.327. The summed E-state index contributed by atoms with van der Waals surface area (Å²) < 4.78 is 24.5. The Bertz CT molecular complexity index is 1150. The number of aryl methyl sites for hydroxylation is 1. The molecule has 11 heteroatoms. The Labute approximate surface area is 197 Å². The molecule has 34 heavy (non-hydrogen) atoms. The van der Waals surface area contributed by atoms with Crippen LogP contribution in [0, 0.1) is 0 Å². The molecule has 0 atom stereocenters. The van der Waals surface area contributed by atoms with Crippen LogP contribution < -0.4 is 21.2 Å². The Morgan fingerprint density at radius 2 is 1.59 bits per heavy atom. The van der Waals surface area contributed by atoms with Crippen molar-refractivity contribution in [2.45, 2.75) is 26.9 Å². The monoisotopic (exact) mass is 488 g/mol. The fraction of sp³-hybridized carbons (Fsp3) is 0.304. The summed E-state index contributed by atoms with van der Waals surface area (Å²) in [4.78, 5) is 33.7. The smallest absolute Gasteiger partial charge is 0.360 e. The number of hydrogen-bond acceptors (Lipinski definition) is 6. The van der Waals surface area contributed by atoms with Gasteiger partial charge in [0.25, 0.3) is 0 Å². The Morgan fingerprint density at radius 3 is 2.21 bits per heavy atom. The van der Waals surface area contributed by atoms with Gasteiger partial charge >= 0.3 is 19.3 Å². The Morgan fingerprint density at radius 1 is 0.971 bits per heavy atom. The van der Waals surface area contributed by atoms with Crippen molar-refractivity contribution in [1.29, 1.82) is 0 Å². The molecule has 0 aliphatic heterocycles. The lowest BCUT2D eigenvalue weighted by Crippen LogP contribution is -2.29. The molecule has 0 radical (unpaired) electrons. The van der Waals surface area contributed by atoms with Gasteiger partial charge in [0.1, 0.15) is 6.61 Å². The van der Waals surface area contributed by atoms with Crippen LogP contribution in [-0.4, -0.2) is 35.1 Å². The summed E-state index contributed by atoms with van der Waals surface area (Å²) in [6, 6.07) is 17.6. The molecular formula is C23H29N4O6P. The largest absolute Gasteiger partial charge is 0.403 e. The average Bonchev–Trinajstić information content (AvgIpc) is 3.12. The molecule has 0 saturated heterocycles. The molecule has 0 aliphatic carbocycles. The van der Waals surface area contributed by atoms with Crippen LogP contribution in [0.1, 0.15) is 25.1 Å². The van der Waals surface area contributed by atoms with Crippen molar-refractivity contribution >= 4 is 25.1 Å². The zero-order valence-electron chi connectivity index (χ0n) is 19.2. The third kappa shape index (κ3) is 7.08. The zero-order chi connectivity index (χ0) is 24.4. The summed E-state index contributed by atoms with van der Waals surface area (Å²) in [6.45, 7) is 3.99. The van der Waals surface area contributed by atoms with Crippen LogP contribution in [-0.2, 0) is 26.6 Å². The zero-order valence-corrected chi connectivity index (χ0v) is 20.0. The van der Waals surface area contributed by atoms with E-state index in [1.807, 2.05) is 36.4 Å². The fourth-order valence-electron chi connectivity index (χ4n) is 3.21. The number of para-hydroxylation sites is 1. The Hall–Kier alpha value is -3.33. The van der Waals surface area contributed by atoms with Crippen LogP contribution in [0.2, 0.25) is 0 Å². The molecule has 0 fully saturated rings. The van der Waals surface area contributed by atoms with E-state index in [0.717, 1.165) is 10.3 Å². The van der Waals surface area contributed by atoms with E-state index in [2.05, 4.69) is 15.6 Å². The molecule has 0 saturated carbocycles. The third-order valence-corrected chi connectivity index (χ3v) is 6.76. The second-order valence-electron chi connectivity index (χ2n) is 7.18. The standard InChI is InChI=1S/C23H29N4O6P/c1-3-32-34(30,33-4-2)16-15-20-21(26-22(28)24-19-13-9-6-10-14-19)27(23(29)25-20)31-17-18-11-7-5-8-12-18/h5-14H,3-4,15-17H2,1-2H3,(H,25,29)(H2,24,26,28). The fourth-order valence-corrected chi connectivity index (χ4v) is 4.82. The van der Waals surface area contributed by atoms with Crippen molar-refractivity contribution < 1.29 is 23.2 Å². The van der Waals surface area contributed by atoms with Gasteiger partial charge in [0.2, 0.25) is 0 Å². The number of carbonyl (C=O) groups excluding carboxylic acids is 1. The van der Waals surface area contributed by atoms with Crippen LogP contribution in [0.5, 0.6) is 0 Å². The maximum atomic E-state index is 12.9. The van der Waals surface area contributed by atoms with E-state index in [1.54, 1.807) is 38.1 Å². The second kappa shape index (κ2) is 12.2. The van der Waals surface area contributed by atoms with Gasteiger partial charge in [0, 0.05) is 12.1 Å².